The van der Waals surface area contributed by atoms with E-state index in [0.29, 0.717) is 28.5 Å². The van der Waals surface area contributed by atoms with Gasteiger partial charge in [0.25, 0.3) is 5.91 Å². The maximum Gasteiger partial charge on any atom is 0.251 e. The second-order valence-electron chi connectivity index (χ2n) is 5.58. The largest absolute Gasteiger partial charge is 0.421 e. The highest BCUT2D eigenvalue weighted by Crippen LogP contribution is 2.20. The number of benzene rings is 2. The molecule has 1 N–H and O–H groups in total. The fourth-order valence-electron chi connectivity index (χ4n) is 2.35. The van der Waals surface area contributed by atoms with Crippen molar-refractivity contribution in [1.82, 2.24) is 15.5 Å². The van der Waals surface area contributed by atoms with E-state index in [-0.39, 0.29) is 5.91 Å². The highest BCUT2D eigenvalue weighted by atomic mass is 19.2. The van der Waals surface area contributed by atoms with Crippen LogP contribution in [0.3, 0.4) is 0 Å². The van der Waals surface area contributed by atoms with Gasteiger partial charge in [0.1, 0.15) is 0 Å². The number of carbonyl (C=O) groups excluding carboxylic acids is 1. The molecule has 1 heterocycles. The Balaban J connectivity index is 1.77. The van der Waals surface area contributed by atoms with Crippen LogP contribution in [0.1, 0.15) is 34.8 Å². The monoisotopic (exact) mass is 343 g/mol. The van der Waals surface area contributed by atoms with Crippen molar-refractivity contribution in [3.63, 3.8) is 0 Å². The van der Waals surface area contributed by atoms with Gasteiger partial charge in [-0.15, -0.1) is 10.2 Å². The second kappa shape index (κ2) is 6.80. The SMILES string of the molecule is Cc1nnc(-c2cccc(C(=O)NC(C)c3ccc(F)c(F)c3)c2)o1. The van der Waals surface area contributed by atoms with Crippen LogP contribution in [-0.4, -0.2) is 16.1 Å². The van der Waals surface area contributed by atoms with Gasteiger partial charge in [-0.1, -0.05) is 12.1 Å². The first-order chi connectivity index (χ1) is 11.9. The van der Waals surface area contributed by atoms with E-state index in [9.17, 15) is 13.6 Å². The molecule has 0 fully saturated rings. The molecule has 1 amide bonds. The predicted octanol–water partition coefficient (Wildman–Crippen LogP) is 3.81. The standard InChI is InChI=1S/C18H15F2N3O2/c1-10(12-6-7-15(19)16(20)9-12)21-17(24)13-4-3-5-14(8-13)18-23-22-11(2)25-18/h3-10H,1-2H3,(H,21,24). The lowest BCUT2D eigenvalue weighted by Gasteiger charge is -2.15. The van der Waals surface area contributed by atoms with E-state index in [4.69, 9.17) is 4.42 Å². The molecule has 2 aromatic carbocycles. The molecule has 25 heavy (non-hydrogen) atoms. The van der Waals surface area contributed by atoms with Crippen LogP contribution in [-0.2, 0) is 0 Å². The molecule has 0 aliphatic carbocycles. The van der Waals surface area contributed by atoms with E-state index >= 15 is 0 Å². The summed E-state index contributed by atoms with van der Waals surface area (Å²) in [5.74, 6) is -1.48. The van der Waals surface area contributed by atoms with Crippen LogP contribution in [0.4, 0.5) is 8.78 Å². The highest BCUT2D eigenvalue weighted by molar-refractivity contribution is 5.95. The molecule has 0 aliphatic heterocycles. The highest BCUT2D eigenvalue weighted by Gasteiger charge is 2.15. The smallest absolute Gasteiger partial charge is 0.251 e. The number of rotatable bonds is 4. The zero-order valence-electron chi connectivity index (χ0n) is 13.6. The van der Waals surface area contributed by atoms with Crippen molar-refractivity contribution in [3.05, 3.63) is 71.1 Å². The van der Waals surface area contributed by atoms with Gasteiger partial charge in [0.15, 0.2) is 11.6 Å². The van der Waals surface area contributed by atoms with Crippen LogP contribution in [0, 0.1) is 18.6 Å². The average molecular weight is 343 g/mol. The Morgan fingerprint density at radius 2 is 1.92 bits per heavy atom. The fraction of sp³-hybridized carbons (Fsp3) is 0.167. The first-order valence-electron chi connectivity index (χ1n) is 7.60. The van der Waals surface area contributed by atoms with Crippen molar-refractivity contribution in [2.45, 2.75) is 19.9 Å². The minimum atomic E-state index is -0.952. The molecule has 128 valence electrons. The molecule has 5 nitrogen and oxygen atoms in total. The molecular weight excluding hydrogens is 328 g/mol. The lowest BCUT2D eigenvalue weighted by atomic mass is 10.1. The Morgan fingerprint density at radius 3 is 2.60 bits per heavy atom. The van der Waals surface area contributed by atoms with Gasteiger partial charge in [-0.3, -0.25) is 4.79 Å². The van der Waals surface area contributed by atoms with Crippen molar-refractivity contribution in [1.29, 1.82) is 0 Å². The van der Waals surface area contributed by atoms with E-state index < -0.39 is 17.7 Å². The molecule has 0 saturated heterocycles. The van der Waals surface area contributed by atoms with Gasteiger partial charge in [0, 0.05) is 18.1 Å². The van der Waals surface area contributed by atoms with E-state index in [1.165, 1.54) is 6.07 Å². The number of nitrogens with one attached hydrogen (secondary N) is 1. The molecule has 1 unspecified atom stereocenters. The predicted molar refractivity (Wildman–Crippen MR) is 86.7 cm³/mol. The Morgan fingerprint density at radius 1 is 1.12 bits per heavy atom. The Labute approximate surface area is 142 Å². The first kappa shape index (κ1) is 16.8. The molecule has 1 aromatic heterocycles. The zero-order chi connectivity index (χ0) is 18.0. The number of hydrogen-bond acceptors (Lipinski definition) is 4. The third kappa shape index (κ3) is 3.71. The van der Waals surface area contributed by atoms with E-state index in [1.807, 2.05) is 0 Å². The van der Waals surface area contributed by atoms with E-state index in [1.54, 1.807) is 38.1 Å². The topological polar surface area (TPSA) is 68.0 Å². The molecule has 0 spiro atoms. The quantitative estimate of drug-likeness (QED) is 0.782. The van der Waals surface area contributed by atoms with Crippen LogP contribution < -0.4 is 5.32 Å². The van der Waals surface area contributed by atoms with Gasteiger partial charge in [-0.25, -0.2) is 8.78 Å². The zero-order valence-corrected chi connectivity index (χ0v) is 13.6. The van der Waals surface area contributed by atoms with Gasteiger partial charge in [0.2, 0.25) is 11.8 Å². The number of halogens is 2. The summed E-state index contributed by atoms with van der Waals surface area (Å²) in [7, 11) is 0. The van der Waals surface area contributed by atoms with Crippen molar-refractivity contribution in [3.8, 4) is 11.5 Å². The molecule has 1 atom stereocenters. The molecular formula is C18H15F2N3O2. The number of nitrogens with zero attached hydrogens (tertiary/aromatic N) is 2. The van der Waals surface area contributed by atoms with Crippen molar-refractivity contribution in [2.24, 2.45) is 0 Å². The van der Waals surface area contributed by atoms with Gasteiger partial charge in [-0.05, 0) is 42.8 Å². The number of aromatic nitrogens is 2. The van der Waals surface area contributed by atoms with Gasteiger partial charge in [0.05, 0.1) is 6.04 Å². The molecule has 3 aromatic rings. The second-order valence-corrected chi connectivity index (χ2v) is 5.58. The minimum absolute atomic E-state index is 0.320. The molecule has 7 heteroatoms. The van der Waals surface area contributed by atoms with Gasteiger partial charge < -0.3 is 9.73 Å². The summed E-state index contributed by atoms with van der Waals surface area (Å²) in [6.45, 7) is 3.37. The Hall–Kier alpha value is -3.09. The third-order valence-electron chi connectivity index (χ3n) is 3.69. The van der Waals surface area contributed by atoms with Crippen molar-refractivity contribution >= 4 is 5.91 Å². The maximum absolute atomic E-state index is 13.3. The summed E-state index contributed by atoms with van der Waals surface area (Å²) in [6.07, 6.45) is 0. The molecule has 0 saturated carbocycles. The maximum atomic E-state index is 13.3. The molecule has 0 radical (unpaired) electrons. The third-order valence-corrected chi connectivity index (χ3v) is 3.69. The first-order valence-corrected chi connectivity index (χ1v) is 7.60. The number of hydrogen-bond donors (Lipinski definition) is 1. The van der Waals surface area contributed by atoms with Crippen LogP contribution in [0.5, 0.6) is 0 Å². The summed E-state index contributed by atoms with van der Waals surface area (Å²) in [4.78, 5) is 12.4. The lowest BCUT2D eigenvalue weighted by Crippen LogP contribution is -2.26. The Kier molecular flexibility index (Phi) is 4.56. The van der Waals surface area contributed by atoms with Gasteiger partial charge >= 0.3 is 0 Å². The Bertz CT molecular complexity index is 924. The van der Waals surface area contributed by atoms with E-state index in [2.05, 4.69) is 15.5 Å². The molecule has 0 aliphatic rings. The molecule has 3 rings (SSSR count). The summed E-state index contributed by atoms with van der Waals surface area (Å²) < 4.78 is 31.7. The van der Waals surface area contributed by atoms with Crippen molar-refractivity contribution < 1.29 is 18.0 Å². The summed E-state index contributed by atoms with van der Waals surface area (Å²) in [5, 5.41) is 10.4. The fourth-order valence-corrected chi connectivity index (χ4v) is 2.35. The normalized spacial score (nSPS) is 12.0. The van der Waals surface area contributed by atoms with E-state index in [0.717, 1.165) is 12.1 Å². The number of amides is 1. The minimum Gasteiger partial charge on any atom is -0.421 e. The number of aryl methyl sites for hydroxylation is 1. The van der Waals surface area contributed by atoms with Crippen molar-refractivity contribution in [2.75, 3.05) is 0 Å². The average Bonchev–Trinajstić information content (AvgIpc) is 3.04. The summed E-state index contributed by atoms with van der Waals surface area (Å²) in [5.41, 5.74) is 1.48. The van der Waals surface area contributed by atoms with Crippen LogP contribution >= 0.6 is 0 Å². The number of carbonyl (C=O) groups is 1. The molecule has 0 bridgehead atoms. The summed E-state index contributed by atoms with van der Waals surface area (Å²) >= 11 is 0. The summed E-state index contributed by atoms with van der Waals surface area (Å²) in [6, 6.07) is 9.76. The van der Waals surface area contributed by atoms with Crippen LogP contribution in [0.15, 0.2) is 46.9 Å². The van der Waals surface area contributed by atoms with Crippen LogP contribution in [0.25, 0.3) is 11.5 Å². The van der Waals surface area contributed by atoms with Crippen LogP contribution in [0.2, 0.25) is 0 Å². The lowest BCUT2D eigenvalue weighted by molar-refractivity contribution is 0.0940. The van der Waals surface area contributed by atoms with Gasteiger partial charge in [-0.2, -0.15) is 0 Å².